The number of hydrogen-bond donors (Lipinski definition) is 0. The Labute approximate surface area is 147 Å². The first-order chi connectivity index (χ1) is 12.2. The molecule has 2 heteroatoms. The Hall–Kier alpha value is -2.22. The number of benzene rings is 3. The van der Waals surface area contributed by atoms with Crippen molar-refractivity contribution in [3.63, 3.8) is 0 Å². The molecule has 0 fully saturated rings. The van der Waals surface area contributed by atoms with Crippen molar-refractivity contribution in [2.24, 2.45) is 5.92 Å². The van der Waals surface area contributed by atoms with Crippen molar-refractivity contribution in [1.29, 1.82) is 0 Å². The fraction of sp³-hybridized carbons (Fsp3) is 0.304. The van der Waals surface area contributed by atoms with E-state index in [0.29, 0.717) is 5.92 Å². The van der Waals surface area contributed by atoms with E-state index in [-0.39, 0.29) is 5.92 Å². The van der Waals surface area contributed by atoms with Crippen LogP contribution in [0, 0.1) is 17.6 Å². The topological polar surface area (TPSA) is 0 Å². The van der Waals surface area contributed by atoms with Gasteiger partial charge in [0.05, 0.1) is 0 Å². The molecule has 128 valence electrons. The van der Waals surface area contributed by atoms with E-state index in [1.165, 1.54) is 34.0 Å². The van der Waals surface area contributed by atoms with Crippen molar-refractivity contribution in [2.45, 2.75) is 38.5 Å². The third-order valence-corrected chi connectivity index (χ3v) is 5.61. The molecule has 0 amide bonds. The first-order valence-corrected chi connectivity index (χ1v) is 9.14. The van der Waals surface area contributed by atoms with Crippen molar-refractivity contribution in [2.75, 3.05) is 0 Å². The van der Waals surface area contributed by atoms with E-state index < -0.39 is 11.6 Å². The van der Waals surface area contributed by atoms with Crippen molar-refractivity contribution < 1.29 is 8.78 Å². The molecule has 0 bridgehead atoms. The van der Waals surface area contributed by atoms with Gasteiger partial charge in [-0.2, -0.15) is 0 Å². The molecule has 0 aliphatic heterocycles. The minimum absolute atomic E-state index is 0.142. The minimum atomic E-state index is -0.773. The Kier molecular flexibility index (Phi) is 4.29. The zero-order valence-electron chi connectivity index (χ0n) is 14.4. The van der Waals surface area contributed by atoms with Crippen LogP contribution in [0.5, 0.6) is 0 Å². The van der Waals surface area contributed by atoms with Crippen LogP contribution in [-0.2, 0) is 6.42 Å². The van der Waals surface area contributed by atoms with Crippen molar-refractivity contribution in [3.05, 3.63) is 82.9 Å². The van der Waals surface area contributed by atoms with Crippen LogP contribution in [0.4, 0.5) is 8.78 Å². The number of aryl methyl sites for hydroxylation is 1. The Morgan fingerprint density at radius 3 is 2.60 bits per heavy atom. The van der Waals surface area contributed by atoms with Gasteiger partial charge in [0.25, 0.3) is 0 Å². The summed E-state index contributed by atoms with van der Waals surface area (Å²) in [6, 6.07) is 17.2. The van der Waals surface area contributed by atoms with E-state index in [0.717, 1.165) is 31.2 Å². The first kappa shape index (κ1) is 16.3. The lowest BCUT2D eigenvalue weighted by Gasteiger charge is -2.35. The Morgan fingerprint density at radius 2 is 1.80 bits per heavy atom. The third-order valence-electron chi connectivity index (χ3n) is 5.61. The zero-order valence-corrected chi connectivity index (χ0v) is 14.4. The van der Waals surface area contributed by atoms with Crippen LogP contribution in [0.3, 0.4) is 0 Å². The molecule has 2 unspecified atom stereocenters. The molecular formula is C23H22F2. The van der Waals surface area contributed by atoms with Crippen LogP contribution >= 0.6 is 0 Å². The molecule has 0 aromatic heterocycles. The molecule has 0 saturated carbocycles. The second-order valence-electron chi connectivity index (χ2n) is 7.09. The number of hydrogen-bond acceptors (Lipinski definition) is 0. The van der Waals surface area contributed by atoms with Crippen LogP contribution in [0.1, 0.15) is 48.8 Å². The highest BCUT2D eigenvalue weighted by molar-refractivity contribution is 5.87. The molecule has 4 rings (SSSR count). The van der Waals surface area contributed by atoms with Gasteiger partial charge in [-0.15, -0.1) is 0 Å². The number of rotatable bonds is 3. The highest BCUT2D eigenvalue weighted by Crippen LogP contribution is 2.45. The van der Waals surface area contributed by atoms with E-state index in [4.69, 9.17) is 0 Å². The van der Waals surface area contributed by atoms with E-state index in [1.807, 2.05) is 0 Å². The quantitative estimate of drug-likeness (QED) is 0.504. The SMILES string of the molecule is CCCC1CCc2c(ccc3ccccc23)C1c1ccc(F)c(F)c1. The van der Waals surface area contributed by atoms with Gasteiger partial charge in [0.2, 0.25) is 0 Å². The van der Waals surface area contributed by atoms with Gasteiger partial charge in [-0.25, -0.2) is 8.78 Å². The predicted octanol–water partition coefficient (Wildman–Crippen LogP) is 6.61. The average molecular weight is 336 g/mol. The summed E-state index contributed by atoms with van der Waals surface area (Å²) in [5, 5.41) is 2.54. The monoisotopic (exact) mass is 336 g/mol. The number of fused-ring (bicyclic) bond motifs is 3. The molecule has 2 atom stereocenters. The van der Waals surface area contributed by atoms with Crippen molar-refractivity contribution in [3.8, 4) is 0 Å². The van der Waals surface area contributed by atoms with Crippen LogP contribution in [-0.4, -0.2) is 0 Å². The fourth-order valence-electron chi connectivity index (χ4n) is 4.51. The highest BCUT2D eigenvalue weighted by Gasteiger charge is 2.31. The largest absolute Gasteiger partial charge is 0.204 e. The lowest BCUT2D eigenvalue weighted by molar-refractivity contribution is 0.378. The molecule has 3 aromatic rings. The summed E-state index contributed by atoms with van der Waals surface area (Å²) in [5.41, 5.74) is 3.56. The second-order valence-corrected chi connectivity index (χ2v) is 7.09. The summed E-state index contributed by atoms with van der Waals surface area (Å²) < 4.78 is 27.3. The van der Waals surface area contributed by atoms with Gasteiger partial charge in [-0.3, -0.25) is 0 Å². The molecule has 25 heavy (non-hydrogen) atoms. The average Bonchev–Trinajstić information content (AvgIpc) is 2.64. The lowest BCUT2D eigenvalue weighted by Crippen LogP contribution is -2.22. The predicted molar refractivity (Wildman–Crippen MR) is 98.9 cm³/mol. The van der Waals surface area contributed by atoms with Gasteiger partial charge in [-0.1, -0.05) is 55.8 Å². The van der Waals surface area contributed by atoms with Gasteiger partial charge < -0.3 is 0 Å². The van der Waals surface area contributed by atoms with E-state index >= 15 is 0 Å². The summed E-state index contributed by atoms with van der Waals surface area (Å²) in [4.78, 5) is 0. The van der Waals surface area contributed by atoms with Gasteiger partial charge in [0, 0.05) is 5.92 Å². The van der Waals surface area contributed by atoms with Gasteiger partial charge in [-0.05, 0) is 64.8 Å². The standard InChI is InChI=1S/C23H22F2/c1-2-5-16-9-11-19-18-7-4-3-6-15(18)8-12-20(19)23(16)17-10-13-21(24)22(25)14-17/h3-4,6-8,10,12-14,16,23H,2,5,9,11H2,1H3. The summed E-state index contributed by atoms with van der Waals surface area (Å²) >= 11 is 0. The maximum absolute atomic E-state index is 13.9. The first-order valence-electron chi connectivity index (χ1n) is 9.14. The summed E-state index contributed by atoms with van der Waals surface area (Å²) in [6.45, 7) is 2.19. The Morgan fingerprint density at radius 1 is 0.960 bits per heavy atom. The van der Waals surface area contributed by atoms with Crippen LogP contribution in [0.2, 0.25) is 0 Å². The lowest BCUT2D eigenvalue weighted by atomic mass is 9.69. The molecule has 0 radical (unpaired) electrons. The molecule has 0 spiro atoms. The molecule has 0 nitrogen and oxygen atoms in total. The van der Waals surface area contributed by atoms with Gasteiger partial charge >= 0.3 is 0 Å². The molecule has 1 aliphatic carbocycles. The molecule has 0 saturated heterocycles. The van der Waals surface area contributed by atoms with Crippen molar-refractivity contribution in [1.82, 2.24) is 0 Å². The normalized spacial score (nSPS) is 19.8. The Bertz CT molecular complexity index is 913. The molecule has 3 aromatic carbocycles. The molecular weight excluding hydrogens is 314 g/mol. The molecule has 0 heterocycles. The highest BCUT2D eigenvalue weighted by atomic mass is 19.2. The smallest absolute Gasteiger partial charge is 0.159 e. The van der Waals surface area contributed by atoms with E-state index in [2.05, 4.69) is 43.3 Å². The molecule has 0 N–H and O–H groups in total. The van der Waals surface area contributed by atoms with Crippen molar-refractivity contribution >= 4 is 10.8 Å². The van der Waals surface area contributed by atoms with Crippen LogP contribution in [0.25, 0.3) is 10.8 Å². The van der Waals surface area contributed by atoms with E-state index in [9.17, 15) is 8.78 Å². The maximum atomic E-state index is 13.9. The molecule has 1 aliphatic rings. The third kappa shape index (κ3) is 2.84. The van der Waals surface area contributed by atoms with Gasteiger partial charge in [0.1, 0.15) is 0 Å². The maximum Gasteiger partial charge on any atom is 0.159 e. The summed E-state index contributed by atoms with van der Waals surface area (Å²) in [7, 11) is 0. The van der Waals surface area contributed by atoms with Crippen LogP contribution < -0.4 is 0 Å². The number of halogens is 2. The fourth-order valence-corrected chi connectivity index (χ4v) is 4.51. The summed E-state index contributed by atoms with van der Waals surface area (Å²) in [5.74, 6) is -0.905. The van der Waals surface area contributed by atoms with E-state index in [1.54, 1.807) is 6.07 Å². The Balaban J connectivity index is 1.90. The van der Waals surface area contributed by atoms with Crippen LogP contribution in [0.15, 0.2) is 54.6 Å². The second kappa shape index (κ2) is 6.59. The zero-order chi connectivity index (χ0) is 17.4. The summed E-state index contributed by atoms with van der Waals surface area (Å²) in [6.07, 6.45) is 4.36. The van der Waals surface area contributed by atoms with Gasteiger partial charge in [0.15, 0.2) is 11.6 Å². The minimum Gasteiger partial charge on any atom is -0.204 e.